The van der Waals surface area contributed by atoms with Crippen LogP contribution in [0.4, 0.5) is 0 Å². The quantitative estimate of drug-likeness (QED) is 0.601. The van der Waals surface area contributed by atoms with Gasteiger partial charge >= 0.3 is 0 Å². The topological polar surface area (TPSA) is 32.9 Å². The van der Waals surface area contributed by atoms with Gasteiger partial charge in [0, 0.05) is 16.5 Å². The van der Waals surface area contributed by atoms with Crippen molar-refractivity contribution >= 4 is 40.1 Å². The highest BCUT2D eigenvalue weighted by Crippen LogP contribution is 2.35. The van der Waals surface area contributed by atoms with E-state index >= 15 is 0 Å². The van der Waals surface area contributed by atoms with Crippen molar-refractivity contribution < 1.29 is 4.79 Å². The van der Waals surface area contributed by atoms with E-state index in [4.69, 9.17) is 11.6 Å². The van der Waals surface area contributed by atoms with Gasteiger partial charge in [-0.2, -0.15) is 0 Å². The molecule has 0 amide bonds. The van der Waals surface area contributed by atoms with E-state index < -0.39 is 0 Å². The van der Waals surface area contributed by atoms with Gasteiger partial charge in [0.2, 0.25) is 0 Å². The summed E-state index contributed by atoms with van der Waals surface area (Å²) in [5, 5.41) is 0.998. The molecule has 0 aliphatic rings. The zero-order chi connectivity index (χ0) is 14.8. The SMILES string of the molecule is CCCCc1ccc2[nH]c(-c3ccc(Cl)s3)c(C=O)c2c1. The summed E-state index contributed by atoms with van der Waals surface area (Å²) in [6, 6.07) is 10.1. The van der Waals surface area contributed by atoms with Gasteiger partial charge in [-0.3, -0.25) is 4.79 Å². The molecule has 1 aromatic carbocycles. The minimum absolute atomic E-state index is 0.724. The van der Waals surface area contributed by atoms with Crippen molar-refractivity contribution in [2.45, 2.75) is 26.2 Å². The Morgan fingerprint density at radius 2 is 2.14 bits per heavy atom. The zero-order valence-electron chi connectivity index (χ0n) is 11.8. The number of halogens is 1. The zero-order valence-corrected chi connectivity index (χ0v) is 13.4. The monoisotopic (exact) mass is 317 g/mol. The molecule has 108 valence electrons. The second kappa shape index (κ2) is 6.04. The Morgan fingerprint density at radius 1 is 1.29 bits per heavy atom. The van der Waals surface area contributed by atoms with Gasteiger partial charge in [-0.15, -0.1) is 11.3 Å². The molecule has 0 aliphatic carbocycles. The van der Waals surface area contributed by atoms with Gasteiger partial charge in [-0.1, -0.05) is 31.0 Å². The molecule has 2 nitrogen and oxygen atoms in total. The number of hydrogen-bond donors (Lipinski definition) is 1. The fraction of sp³-hybridized carbons (Fsp3) is 0.235. The molecule has 0 saturated heterocycles. The van der Waals surface area contributed by atoms with Crippen molar-refractivity contribution in [3.8, 4) is 10.6 Å². The van der Waals surface area contributed by atoms with Gasteiger partial charge in [0.25, 0.3) is 0 Å². The number of thiophene rings is 1. The highest BCUT2D eigenvalue weighted by molar-refractivity contribution is 7.19. The van der Waals surface area contributed by atoms with E-state index in [1.165, 1.54) is 29.7 Å². The Hall–Kier alpha value is -1.58. The predicted molar refractivity (Wildman–Crippen MR) is 90.6 cm³/mol. The molecular formula is C17H16ClNOS. The number of rotatable bonds is 5. The number of aldehydes is 1. The average molecular weight is 318 g/mol. The van der Waals surface area contributed by atoms with Crippen LogP contribution < -0.4 is 0 Å². The minimum Gasteiger partial charge on any atom is -0.353 e. The number of aromatic amines is 1. The molecular weight excluding hydrogens is 302 g/mol. The molecule has 4 heteroatoms. The molecule has 2 heterocycles. The maximum absolute atomic E-state index is 11.6. The molecule has 3 aromatic rings. The number of nitrogens with one attached hydrogen (secondary N) is 1. The molecule has 0 radical (unpaired) electrons. The summed E-state index contributed by atoms with van der Waals surface area (Å²) in [5.74, 6) is 0. The first-order chi connectivity index (χ1) is 10.2. The largest absolute Gasteiger partial charge is 0.353 e. The van der Waals surface area contributed by atoms with Gasteiger partial charge in [0.15, 0.2) is 6.29 Å². The van der Waals surface area contributed by atoms with Crippen LogP contribution in [0.1, 0.15) is 35.7 Å². The van der Waals surface area contributed by atoms with E-state index in [-0.39, 0.29) is 0 Å². The first-order valence-electron chi connectivity index (χ1n) is 7.08. The Morgan fingerprint density at radius 3 is 2.81 bits per heavy atom. The highest BCUT2D eigenvalue weighted by Gasteiger charge is 2.14. The summed E-state index contributed by atoms with van der Waals surface area (Å²) in [4.78, 5) is 15.9. The lowest BCUT2D eigenvalue weighted by atomic mass is 10.0. The van der Waals surface area contributed by atoms with E-state index in [9.17, 15) is 4.79 Å². The van der Waals surface area contributed by atoms with Crippen LogP contribution in [0.25, 0.3) is 21.5 Å². The van der Waals surface area contributed by atoms with Crippen LogP contribution in [0.2, 0.25) is 4.34 Å². The summed E-state index contributed by atoms with van der Waals surface area (Å²) in [5.41, 5.74) is 3.87. The number of H-pyrrole nitrogens is 1. The van der Waals surface area contributed by atoms with Crippen LogP contribution in [0.3, 0.4) is 0 Å². The van der Waals surface area contributed by atoms with Crippen LogP contribution in [0, 0.1) is 0 Å². The fourth-order valence-corrected chi connectivity index (χ4v) is 3.62. The maximum atomic E-state index is 11.6. The Bertz CT molecular complexity index is 787. The normalized spacial score (nSPS) is 11.1. The Labute approximate surface area is 132 Å². The summed E-state index contributed by atoms with van der Waals surface area (Å²) >= 11 is 7.48. The van der Waals surface area contributed by atoms with Gasteiger partial charge in [-0.05, 0) is 42.7 Å². The summed E-state index contributed by atoms with van der Waals surface area (Å²) in [6.45, 7) is 2.18. The van der Waals surface area contributed by atoms with E-state index in [1.54, 1.807) is 0 Å². The third-order valence-electron chi connectivity index (χ3n) is 3.66. The summed E-state index contributed by atoms with van der Waals surface area (Å²) < 4.78 is 0.726. The van der Waals surface area contributed by atoms with Gasteiger partial charge in [0.05, 0.1) is 14.9 Å². The smallest absolute Gasteiger partial charge is 0.152 e. The first-order valence-corrected chi connectivity index (χ1v) is 8.28. The number of carbonyl (C=O) groups is 1. The molecule has 0 saturated carbocycles. The lowest BCUT2D eigenvalue weighted by Gasteiger charge is -2.00. The van der Waals surface area contributed by atoms with Crippen LogP contribution in [-0.2, 0) is 6.42 Å². The standard InChI is InChI=1S/C17H16ClNOS/c1-2-3-4-11-5-6-14-12(9-11)13(10-20)17(19-14)15-7-8-16(18)21-15/h5-10,19H,2-4H2,1H3. The van der Waals surface area contributed by atoms with Crippen molar-refractivity contribution in [3.63, 3.8) is 0 Å². The second-order valence-electron chi connectivity index (χ2n) is 5.12. The number of hydrogen-bond acceptors (Lipinski definition) is 2. The van der Waals surface area contributed by atoms with Crippen molar-refractivity contribution in [3.05, 3.63) is 45.8 Å². The number of fused-ring (bicyclic) bond motifs is 1. The molecule has 21 heavy (non-hydrogen) atoms. The van der Waals surface area contributed by atoms with Gasteiger partial charge < -0.3 is 4.98 Å². The van der Waals surface area contributed by atoms with Crippen molar-refractivity contribution in [2.75, 3.05) is 0 Å². The molecule has 0 aliphatic heterocycles. The molecule has 0 spiro atoms. The molecule has 0 bridgehead atoms. The first kappa shape index (κ1) is 14.4. The van der Waals surface area contributed by atoms with E-state index in [2.05, 4.69) is 30.1 Å². The Kier molecular flexibility index (Phi) is 4.13. The van der Waals surface area contributed by atoms with Crippen molar-refractivity contribution in [2.24, 2.45) is 0 Å². The number of carbonyl (C=O) groups excluding carboxylic acids is 1. The van der Waals surface area contributed by atoms with Crippen molar-refractivity contribution in [1.82, 2.24) is 4.98 Å². The average Bonchev–Trinajstić information content (AvgIpc) is 3.07. The van der Waals surface area contributed by atoms with E-state index in [1.807, 2.05) is 12.1 Å². The Balaban J connectivity index is 2.12. The molecule has 3 rings (SSSR count). The minimum atomic E-state index is 0.724. The maximum Gasteiger partial charge on any atom is 0.152 e. The second-order valence-corrected chi connectivity index (χ2v) is 6.83. The third-order valence-corrected chi connectivity index (χ3v) is 4.91. The van der Waals surface area contributed by atoms with Crippen LogP contribution in [-0.4, -0.2) is 11.3 Å². The van der Waals surface area contributed by atoms with Crippen LogP contribution in [0.5, 0.6) is 0 Å². The van der Waals surface area contributed by atoms with Crippen molar-refractivity contribution in [1.29, 1.82) is 0 Å². The number of aryl methyl sites for hydroxylation is 1. The number of unbranched alkanes of at least 4 members (excludes halogenated alkanes) is 1. The van der Waals surface area contributed by atoms with Gasteiger partial charge in [0.1, 0.15) is 0 Å². The lowest BCUT2D eigenvalue weighted by molar-refractivity contribution is 0.112. The molecule has 0 fully saturated rings. The molecule has 0 atom stereocenters. The molecule has 0 unspecified atom stereocenters. The lowest BCUT2D eigenvalue weighted by Crippen LogP contribution is -1.85. The van der Waals surface area contributed by atoms with E-state index in [0.29, 0.717) is 0 Å². The van der Waals surface area contributed by atoms with Gasteiger partial charge in [-0.25, -0.2) is 0 Å². The van der Waals surface area contributed by atoms with Crippen LogP contribution in [0.15, 0.2) is 30.3 Å². The predicted octanol–water partition coefficient (Wildman–Crippen LogP) is 5.70. The van der Waals surface area contributed by atoms with Crippen LogP contribution >= 0.6 is 22.9 Å². The fourth-order valence-electron chi connectivity index (χ4n) is 2.56. The van der Waals surface area contributed by atoms with E-state index in [0.717, 1.165) is 44.1 Å². The summed E-state index contributed by atoms with van der Waals surface area (Å²) in [6.07, 6.45) is 4.33. The molecule has 2 aromatic heterocycles. The summed E-state index contributed by atoms with van der Waals surface area (Å²) in [7, 11) is 0. The highest BCUT2D eigenvalue weighted by atomic mass is 35.5. The third kappa shape index (κ3) is 2.76. The number of benzene rings is 1. The number of aromatic nitrogens is 1. The molecule has 1 N–H and O–H groups in total.